The summed E-state index contributed by atoms with van der Waals surface area (Å²) in [6.07, 6.45) is 0. The number of para-hydroxylation sites is 1. The van der Waals surface area contributed by atoms with Gasteiger partial charge in [-0.1, -0.05) is 18.2 Å². The van der Waals surface area contributed by atoms with Gasteiger partial charge in [0.2, 0.25) is 10.0 Å². The summed E-state index contributed by atoms with van der Waals surface area (Å²) >= 11 is 3.33. The molecule has 0 unspecified atom stereocenters. The van der Waals surface area contributed by atoms with E-state index in [1.807, 2.05) is 12.1 Å². The standard InChI is InChI=1S/C16H17BrN2O4S/c1-11-7-8-12(9-15(11)24(21,22)18-2)19-16(20)10-23-14-6-4-3-5-13(14)17/h3-9,18H,10H2,1-2H3,(H,19,20). The second kappa shape index (κ2) is 7.78. The number of rotatable bonds is 6. The summed E-state index contributed by atoms with van der Waals surface area (Å²) in [5.41, 5.74) is 0.974. The average molecular weight is 413 g/mol. The molecule has 0 spiro atoms. The highest BCUT2D eigenvalue weighted by Crippen LogP contribution is 2.24. The average Bonchev–Trinajstić information content (AvgIpc) is 2.55. The molecule has 0 saturated heterocycles. The van der Waals surface area contributed by atoms with E-state index in [1.165, 1.54) is 13.1 Å². The molecule has 128 valence electrons. The lowest BCUT2D eigenvalue weighted by Gasteiger charge is -2.11. The van der Waals surface area contributed by atoms with Crippen LogP contribution in [0.4, 0.5) is 5.69 Å². The second-order valence-electron chi connectivity index (χ2n) is 4.96. The normalized spacial score (nSPS) is 11.1. The van der Waals surface area contributed by atoms with E-state index in [9.17, 15) is 13.2 Å². The zero-order chi connectivity index (χ0) is 17.7. The van der Waals surface area contributed by atoms with Crippen LogP contribution in [0.3, 0.4) is 0 Å². The van der Waals surface area contributed by atoms with Gasteiger partial charge < -0.3 is 10.1 Å². The first-order valence-corrected chi connectivity index (χ1v) is 9.32. The van der Waals surface area contributed by atoms with E-state index in [0.29, 0.717) is 17.0 Å². The van der Waals surface area contributed by atoms with Gasteiger partial charge in [-0.05, 0) is 59.7 Å². The maximum atomic E-state index is 12.0. The molecule has 0 aliphatic rings. The molecule has 2 aromatic rings. The van der Waals surface area contributed by atoms with Crippen LogP contribution in [-0.2, 0) is 14.8 Å². The summed E-state index contributed by atoms with van der Waals surface area (Å²) < 4.78 is 32.3. The van der Waals surface area contributed by atoms with Crippen LogP contribution in [0.1, 0.15) is 5.56 Å². The first kappa shape index (κ1) is 18.4. The van der Waals surface area contributed by atoms with Gasteiger partial charge in [-0.15, -0.1) is 0 Å². The van der Waals surface area contributed by atoms with Crippen molar-refractivity contribution in [1.82, 2.24) is 4.72 Å². The number of hydrogen-bond acceptors (Lipinski definition) is 4. The van der Waals surface area contributed by atoms with Gasteiger partial charge in [0.1, 0.15) is 5.75 Å². The number of benzene rings is 2. The Hall–Kier alpha value is -1.90. The van der Waals surface area contributed by atoms with Crippen molar-refractivity contribution in [2.75, 3.05) is 19.0 Å². The van der Waals surface area contributed by atoms with Crippen LogP contribution in [0.2, 0.25) is 0 Å². The Labute approximate surface area is 149 Å². The topological polar surface area (TPSA) is 84.5 Å². The van der Waals surface area contributed by atoms with E-state index in [2.05, 4.69) is 26.0 Å². The Morgan fingerprint density at radius 1 is 1.21 bits per heavy atom. The highest BCUT2D eigenvalue weighted by atomic mass is 79.9. The zero-order valence-electron chi connectivity index (χ0n) is 13.2. The van der Waals surface area contributed by atoms with Crippen molar-refractivity contribution in [3.8, 4) is 5.75 Å². The van der Waals surface area contributed by atoms with Crippen LogP contribution in [-0.4, -0.2) is 28.0 Å². The molecule has 0 atom stereocenters. The number of anilines is 1. The molecular weight excluding hydrogens is 396 g/mol. The van der Waals surface area contributed by atoms with Gasteiger partial charge in [0.05, 0.1) is 9.37 Å². The third-order valence-corrected chi connectivity index (χ3v) is 5.44. The minimum Gasteiger partial charge on any atom is -0.483 e. The molecule has 0 bridgehead atoms. The minimum atomic E-state index is -3.59. The maximum absolute atomic E-state index is 12.0. The van der Waals surface area contributed by atoms with E-state index in [1.54, 1.807) is 31.2 Å². The molecule has 0 saturated carbocycles. The fourth-order valence-electron chi connectivity index (χ4n) is 1.98. The highest BCUT2D eigenvalue weighted by molar-refractivity contribution is 9.10. The fourth-order valence-corrected chi connectivity index (χ4v) is 3.37. The summed E-state index contributed by atoms with van der Waals surface area (Å²) in [6.45, 7) is 1.50. The number of hydrogen-bond donors (Lipinski definition) is 2. The monoisotopic (exact) mass is 412 g/mol. The quantitative estimate of drug-likeness (QED) is 0.763. The number of sulfonamides is 1. The van der Waals surface area contributed by atoms with Crippen LogP contribution in [0.5, 0.6) is 5.75 Å². The van der Waals surface area contributed by atoms with Crippen molar-refractivity contribution in [3.63, 3.8) is 0 Å². The predicted octanol–water partition coefficient (Wildman–Crippen LogP) is 2.68. The lowest BCUT2D eigenvalue weighted by atomic mass is 10.2. The number of carbonyl (C=O) groups is 1. The lowest BCUT2D eigenvalue weighted by molar-refractivity contribution is -0.118. The molecule has 6 nitrogen and oxygen atoms in total. The van der Waals surface area contributed by atoms with Gasteiger partial charge in [0, 0.05) is 5.69 Å². The largest absolute Gasteiger partial charge is 0.483 e. The van der Waals surface area contributed by atoms with Crippen molar-refractivity contribution < 1.29 is 17.9 Å². The molecule has 0 radical (unpaired) electrons. The third kappa shape index (κ3) is 4.56. The first-order chi connectivity index (χ1) is 11.3. The lowest BCUT2D eigenvalue weighted by Crippen LogP contribution is -2.22. The molecule has 2 aromatic carbocycles. The number of aryl methyl sites for hydroxylation is 1. The van der Waals surface area contributed by atoms with Crippen molar-refractivity contribution >= 4 is 37.5 Å². The molecule has 0 aromatic heterocycles. The summed E-state index contributed by atoms with van der Waals surface area (Å²) in [7, 11) is -2.25. The van der Waals surface area contributed by atoms with Gasteiger partial charge in [-0.3, -0.25) is 4.79 Å². The Balaban J connectivity index is 2.07. The highest BCUT2D eigenvalue weighted by Gasteiger charge is 2.16. The number of ether oxygens (including phenoxy) is 1. The Morgan fingerprint density at radius 2 is 1.92 bits per heavy atom. The molecule has 2 rings (SSSR count). The molecule has 0 aliphatic carbocycles. The maximum Gasteiger partial charge on any atom is 0.262 e. The molecular formula is C16H17BrN2O4S. The zero-order valence-corrected chi connectivity index (χ0v) is 15.6. The van der Waals surface area contributed by atoms with Gasteiger partial charge >= 0.3 is 0 Å². The van der Waals surface area contributed by atoms with E-state index in [4.69, 9.17) is 4.74 Å². The number of amides is 1. The number of nitrogens with one attached hydrogen (secondary N) is 2. The molecule has 1 amide bonds. The van der Waals surface area contributed by atoms with Crippen LogP contribution in [0.25, 0.3) is 0 Å². The summed E-state index contributed by atoms with van der Waals surface area (Å²) in [4.78, 5) is 12.1. The van der Waals surface area contributed by atoms with E-state index in [0.717, 1.165) is 4.47 Å². The van der Waals surface area contributed by atoms with Crippen molar-refractivity contribution in [1.29, 1.82) is 0 Å². The minimum absolute atomic E-state index is 0.120. The molecule has 24 heavy (non-hydrogen) atoms. The molecule has 8 heteroatoms. The van der Waals surface area contributed by atoms with Crippen LogP contribution < -0.4 is 14.8 Å². The molecule has 0 aliphatic heterocycles. The van der Waals surface area contributed by atoms with Crippen LogP contribution in [0, 0.1) is 6.92 Å². The van der Waals surface area contributed by atoms with Gasteiger partial charge in [0.15, 0.2) is 6.61 Å². The molecule has 0 fully saturated rings. The summed E-state index contributed by atoms with van der Waals surface area (Å²) in [6, 6.07) is 11.9. The predicted molar refractivity (Wildman–Crippen MR) is 95.7 cm³/mol. The number of halogens is 1. The van der Waals surface area contributed by atoms with Crippen molar-refractivity contribution in [2.45, 2.75) is 11.8 Å². The van der Waals surface area contributed by atoms with Gasteiger partial charge in [-0.2, -0.15) is 0 Å². The Bertz CT molecular complexity index is 853. The van der Waals surface area contributed by atoms with Gasteiger partial charge in [0.25, 0.3) is 5.91 Å². The second-order valence-corrected chi connectivity index (χ2v) is 7.66. The van der Waals surface area contributed by atoms with Crippen molar-refractivity contribution in [3.05, 3.63) is 52.5 Å². The number of carbonyl (C=O) groups excluding carboxylic acids is 1. The fraction of sp³-hybridized carbons (Fsp3) is 0.188. The Morgan fingerprint density at radius 3 is 2.58 bits per heavy atom. The third-order valence-electron chi connectivity index (χ3n) is 3.23. The Kier molecular flexibility index (Phi) is 5.98. The van der Waals surface area contributed by atoms with Crippen LogP contribution in [0.15, 0.2) is 51.8 Å². The van der Waals surface area contributed by atoms with E-state index >= 15 is 0 Å². The summed E-state index contributed by atoms with van der Waals surface area (Å²) in [5.74, 6) is 0.164. The molecule has 0 heterocycles. The first-order valence-electron chi connectivity index (χ1n) is 7.05. The van der Waals surface area contributed by atoms with Gasteiger partial charge in [-0.25, -0.2) is 13.1 Å². The van der Waals surface area contributed by atoms with Crippen molar-refractivity contribution in [2.24, 2.45) is 0 Å². The van der Waals surface area contributed by atoms with E-state index < -0.39 is 10.0 Å². The van der Waals surface area contributed by atoms with Crippen LogP contribution >= 0.6 is 15.9 Å². The van der Waals surface area contributed by atoms with E-state index in [-0.39, 0.29) is 17.4 Å². The summed E-state index contributed by atoms with van der Waals surface area (Å²) in [5, 5.41) is 2.62. The SMILES string of the molecule is CNS(=O)(=O)c1cc(NC(=O)COc2ccccc2Br)ccc1C. The molecule has 2 N–H and O–H groups in total. The smallest absolute Gasteiger partial charge is 0.262 e.